The third kappa shape index (κ3) is 64.2. The predicted octanol–water partition coefficient (Wildman–Crippen LogP) is 23.7. The molecule has 0 amide bonds. The molecular weight excluding hydrogens is 961 g/mol. The second kappa shape index (κ2) is 66.9. The molecular formula is C72H132O6. The van der Waals surface area contributed by atoms with Gasteiger partial charge in [-0.3, -0.25) is 14.4 Å². The quantitative estimate of drug-likeness (QED) is 0.0261. The van der Waals surface area contributed by atoms with Crippen LogP contribution in [0.15, 0.2) is 48.6 Å². The Labute approximate surface area is 486 Å². The summed E-state index contributed by atoms with van der Waals surface area (Å²) < 4.78 is 16.9. The first-order chi connectivity index (χ1) is 38.5. The van der Waals surface area contributed by atoms with Crippen LogP contribution in [0.4, 0.5) is 0 Å². The number of allylic oxidation sites excluding steroid dienone is 8. The number of carbonyl (C=O) groups is 3. The molecule has 0 heterocycles. The van der Waals surface area contributed by atoms with Gasteiger partial charge >= 0.3 is 17.9 Å². The van der Waals surface area contributed by atoms with Crippen LogP contribution in [0.5, 0.6) is 0 Å². The fraction of sp³-hybridized carbons (Fsp3) is 0.847. The van der Waals surface area contributed by atoms with Gasteiger partial charge in [0.25, 0.3) is 0 Å². The molecule has 456 valence electrons. The van der Waals surface area contributed by atoms with E-state index in [1.807, 2.05) is 6.08 Å². The van der Waals surface area contributed by atoms with Crippen molar-refractivity contribution < 1.29 is 28.6 Å². The lowest BCUT2D eigenvalue weighted by molar-refractivity contribution is -0.166. The summed E-state index contributed by atoms with van der Waals surface area (Å²) in [5, 5.41) is 0. The van der Waals surface area contributed by atoms with Crippen LogP contribution in [0, 0.1) is 0 Å². The van der Waals surface area contributed by atoms with E-state index >= 15 is 0 Å². The Hall–Kier alpha value is -2.63. The molecule has 0 N–H and O–H groups in total. The molecule has 1 atom stereocenters. The van der Waals surface area contributed by atoms with Gasteiger partial charge in [-0.1, -0.05) is 358 Å². The lowest BCUT2D eigenvalue weighted by atomic mass is 10.0. The summed E-state index contributed by atoms with van der Waals surface area (Å²) in [5.74, 6) is -0.951. The van der Waals surface area contributed by atoms with E-state index in [0.717, 1.165) is 64.2 Å². The molecule has 0 aromatic rings. The largest absolute Gasteiger partial charge is 0.462 e. The summed E-state index contributed by atoms with van der Waals surface area (Å²) in [5.41, 5.74) is 0. The van der Waals surface area contributed by atoms with Gasteiger partial charge in [-0.2, -0.15) is 0 Å². The van der Waals surface area contributed by atoms with Crippen molar-refractivity contribution in [1.29, 1.82) is 0 Å². The first kappa shape index (κ1) is 75.4. The number of ether oxygens (including phenoxy) is 3. The van der Waals surface area contributed by atoms with E-state index in [0.29, 0.717) is 19.3 Å². The van der Waals surface area contributed by atoms with Crippen LogP contribution in [0.1, 0.15) is 374 Å². The van der Waals surface area contributed by atoms with Gasteiger partial charge in [0.1, 0.15) is 13.2 Å². The van der Waals surface area contributed by atoms with Crippen molar-refractivity contribution >= 4 is 17.9 Å². The zero-order valence-electron chi connectivity index (χ0n) is 52.5. The molecule has 0 aliphatic heterocycles. The van der Waals surface area contributed by atoms with Crippen molar-refractivity contribution in [2.24, 2.45) is 0 Å². The second-order valence-electron chi connectivity index (χ2n) is 23.4. The molecule has 78 heavy (non-hydrogen) atoms. The minimum atomic E-state index is -0.799. The molecule has 1 unspecified atom stereocenters. The maximum Gasteiger partial charge on any atom is 0.306 e. The Balaban J connectivity index is 4.17. The summed E-state index contributed by atoms with van der Waals surface area (Å²) in [4.78, 5) is 38.3. The van der Waals surface area contributed by atoms with E-state index in [4.69, 9.17) is 14.2 Å². The van der Waals surface area contributed by atoms with Crippen molar-refractivity contribution in [2.75, 3.05) is 13.2 Å². The molecule has 0 saturated carbocycles. The first-order valence-corrected chi connectivity index (χ1v) is 34.6. The minimum Gasteiger partial charge on any atom is -0.462 e. The van der Waals surface area contributed by atoms with Gasteiger partial charge in [0.2, 0.25) is 0 Å². The van der Waals surface area contributed by atoms with Crippen LogP contribution in [0.3, 0.4) is 0 Å². The van der Waals surface area contributed by atoms with Crippen molar-refractivity contribution in [3.63, 3.8) is 0 Å². The molecule has 0 spiro atoms. The van der Waals surface area contributed by atoms with Gasteiger partial charge in [0, 0.05) is 19.3 Å². The van der Waals surface area contributed by atoms with Crippen LogP contribution in [0.25, 0.3) is 0 Å². The van der Waals surface area contributed by atoms with E-state index in [1.54, 1.807) is 0 Å². The summed E-state index contributed by atoms with van der Waals surface area (Å²) >= 11 is 0. The molecule has 0 aromatic carbocycles. The van der Waals surface area contributed by atoms with E-state index < -0.39 is 6.10 Å². The lowest BCUT2D eigenvalue weighted by Crippen LogP contribution is -2.30. The van der Waals surface area contributed by atoms with E-state index in [9.17, 15) is 14.4 Å². The molecule has 6 nitrogen and oxygen atoms in total. The van der Waals surface area contributed by atoms with Crippen molar-refractivity contribution in [1.82, 2.24) is 0 Å². The zero-order valence-corrected chi connectivity index (χ0v) is 52.5. The highest BCUT2D eigenvalue weighted by atomic mass is 16.6. The van der Waals surface area contributed by atoms with Gasteiger partial charge in [-0.15, -0.1) is 0 Å². The number of carbonyl (C=O) groups excluding carboxylic acids is 3. The van der Waals surface area contributed by atoms with Crippen LogP contribution >= 0.6 is 0 Å². The maximum absolute atomic E-state index is 12.9. The van der Waals surface area contributed by atoms with Crippen LogP contribution in [0.2, 0.25) is 0 Å². The smallest absolute Gasteiger partial charge is 0.306 e. The highest BCUT2D eigenvalue weighted by Crippen LogP contribution is 2.19. The molecule has 0 aliphatic carbocycles. The van der Waals surface area contributed by atoms with Gasteiger partial charge in [0.05, 0.1) is 0 Å². The fourth-order valence-electron chi connectivity index (χ4n) is 10.5. The first-order valence-electron chi connectivity index (χ1n) is 34.6. The van der Waals surface area contributed by atoms with Crippen molar-refractivity contribution in [2.45, 2.75) is 380 Å². The molecule has 0 saturated heterocycles. The highest BCUT2D eigenvalue weighted by Gasteiger charge is 2.19. The summed E-state index contributed by atoms with van der Waals surface area (Å²) in [6, 6.07) is 0. The van der Waals surface area contributed by atoms with E-state index in [2.05, 4.69) is 63.3 Å². The predicted molar refractivity (Wildman–Crippen MR) is 339 cm³/mol. The Kier molecular flexibility index (Phi) is 64.6. The van der Waals surface area contributed by atoms with Gasteiger partial charge in [-0.05, 0) is 44.9 Å². The second-order valence-corrected chi connectivity index (χ2v) is 23.4. The lowest BCUT2D eigenvalue weighted by Gasteiger charge is -2.18. The molecule has 0 fully saturated rings. The molecule has 0 rings (SSSR count). The Bertz CT molecular complexity index is 1350. The number of unbranched alkanes of at least 4 members (excludes halogenated alkanes) is 45. The molecule has 0 radical (unpaired) electrons. The average Bonchev–Trinajstić information content (AvgIpc) is 3.44. The normalized spacial score (nSPS) is 12.3. The van der Waals surface area contributed by atoms with Crippen LogP contribution in [-0.4, -0.2) is 37.2 Å². The SMILES string of the molecule is CC/C=C\C/C=C\C/C=C\C/C=C\CCC(=O)OCC(COC(=O)CCCCCCCCCCCCCCCCCCCCCCCCCCCCCCCC)OC(=O)CCCCCCCCCCCCCCCCCCC. The maximum atomic E-state index is 12.9. The molecule has 0 aromatic heterocycles. The van der Waals surface area contributed by atoms with E-state index in [-0.39, 0.29) is 37.5 Å². The molecule has 0 bridgehead atoms. The van der Waals surface area contributed by atoms with Crippen molar-refractivity contribution in [3.05, 3.63) is 48.6 Å². The Morgan fingerprint density at radius 2 is 0.500 bits per heavy atom. The number of hydrogen-bond donors (Lipinski definition) is 0. The van der Waals surface area contributed by atoms with E-state index in [1.165, 1.54) is 263 Å². The Morgan fingerprint density at radius 3 is 0.782 bits per heavy atom. The number of hydrogen-bond acceptors (Lipinski definition) is 6. The van der Waals surface area contributed by atoms with Crippen molar-refractivity contribution in [3.8, 4) is 0 Å². The van der Waals surface area contributed by atoms with Gasteiger partial charge in [-0.25, -0.2) is 0 Å². The fourth-order valence-corrected chi connectivity index (χ4v) is 10.5. The summed E-state index contributed by atoms with van der Waals surface area (Å²) in [7, 11) is 0. The highest BCUT2D eigenvalue weighted by molar-refractivity contribution is 5.71. The van der Waals surface area contributed by atoms with Crippen LogP contribution in [-0.2, 0) is 28.6 Å². The third-order valence-electron chi connectivity index (χ3n) is 15.6. The topological polar surface area (TPSA) is 78.9 Å². The van der Waals surface area contributed by atoms with Gasteiger partial charge in [0.15, 0.2) is 6.10 Å². The third-order valence-corrected chi connectivity index (χ3v) is 15.6. The number of esters is 3. The summed E-state index contributed by atoms with van der Waals surface area (Å²) in [6.07, 6.45) is 84.6. The standard InChI is InChI=1S/C72H132O6/c1-4-7-10-13-16-19-22-25-27-29-30-31-32-33-34-35-36-37-38-39-40-41-43-44-47-50-53-56-59-62-65-71(74)77-68-69(67-76-70(73)64-61-58-55-52-49-46-24-21-18-15-12-9-6-3)78-72(75)66-63-60-57-54-51-48-45-42-28-26-23-20-17-14-11-8-5-2/h9,12,18,21,46,49,55,58,69H,4-8,10-11,13-17,19-20,22-45,47-48,50-54,56-57,59-68H2,1-3H3/b12-9-,21-18-,49-46-,58-55-. The average molecular weight is 1090 g/mol. The number of rotatable bonds is 64. The summed E-state index contributed by atoms with van der Waals surface area (Å²) in [6.45, 7) is 6.53. The molecule has 0 aliphatic rings. The Morgan fingerprint density at radius 1 is 0.269 bits per heavy atom. The molecule has 6 heteroatoms. The monoisotopic (exact) mass is 1090 g/mol. The minimum absolute atomic E-state index is 0.0899. The van der Waals surface area contributed by atoms with Crippen LogP contribution < -0.4 is 0 Å². The van der Waals surface area contributed by atoms with Gasteiger partial charge < -0.3 is 14.2 Å². The zero-order chi connectivity index (χ0) is 56.4.